The number of nitrogens with one attached hydrogen (secondary N) is 1. The number of thioether (sulfide) groups is 1. The van der Waals surface area contributed by atoms with Gasteiger partial charge in [-0.3, -0.25) is 5.84 Å². The van der Waals surface area contributed by atoms with Crippen LogP contribution in [0.25, 0.3) is 0 Å². The molecule has 2 nitrogen and oxygen atoms in total. The number of hydrogen-bond acceptors (Lipinski definition) is 3. The van der Waals surface area contributed by atoms with Gasteiger partial charge in [-0.15, -0.1) is 35.8 Å². The summed E-state index contributed by atoms with van der Waals surface area (Å²) in [7, 11) is 0. The first-order valence-corrected chi connectivity index (χ1v) is 5.75. The lowest BCUT2D eigenvalue weighted by Crippen LogP contribution is -2.08. The summed E-state index contributed by atoms with van der Waals surface area (Å²) < 4.78 is 12.8. The van der Waals surface area contributed by atoms with Crippen molar-refractivity contribution in [1.29, 1.82) is 0 Å². The van der Waals surface area contributed by atoms with Crippen LogP contribution < -0.4 is 11.3 Å². The van der Waals surface area contributed by atoms with Crippen LogP contribution >= 0.6 is 35.8 Å². The summed E-state index contributed by atoms with van der Waals surface area (Å²) in [5, 5.41) is 0. The molecule has 0 radical (unpaired) electrons. The molecule has 0 spiro atoms. The Labute approximate surface area is 104 Å². The molecule has 0 amide bonds. The zero-order chi connectivity index (χ0) is 10.4. The van der Waals surface area contributed by atoms with Gasteiger partial charge in [-0.25, -0.2) is 4.39 Å². The molecule has 0 saturated carbocycles. The quantitative estimate of drug-likeness (QED) is 0.284. The lowest BCUT2D eigenvalue weighted by Gasteiger charge is -2.07. The Bertz CT molecular complexity index is 299. The van der Waals surface area contributed by atoms with Crippen LogP contribution in [0.2, 0.25) is 0 Å². The minimum atomic E-state index is -0.292. The molecule has 0 aliphatic rings. The Balaban J connectivity index is 0.00000196. The van der Waals surface area contributed by atoms with E-state index in [9.17, 15) is 4.39 Å². The van der Waals surface area contributed by atoms with E-state index in [0.717, 1.165) is 17.1 Å². The molecule has 0 bridgehead atoms. The van der Waals surface area contributed by atoms with Gasteiger partial charge in [0.15, 0.2) is 0 Å². The molecule has 0 unspecified atom stereocenters. The molecule has 0 atom stereocenters. The van der Waals surface area contributed by atoms with E-state index in [1.54, 1.807) is 17.8 Å². The predicted molar refractivity (Wildman–Crippen MR) is 67.5 cm³/mol. The molecule has 0 saturated heterocycles. The van der Waals surface area contributed by atoms with Crippen molar-refractivity contribution in [2.24, 2.45) is 5.84 Å². The second-order valence-electron chi connectivity index (χ2n) is 2.68. The summed E-state index contributed by atoms with van der Waals surface area (Å²) in [6.07, 6.45) is 0.924. The van der Waals surface area contributed by atoms with Gasteiger partial charge in [-0.05, 0) is 30.4 Å². The van der Waals surface area contributed by atoms with Crippen molar-refractivity contribution in [3.63, 3.8) is 0 Å². The first-order valence-electron chi connectivity index (χ1n) is 4.23. The number of nitrogens with two attached hydrogens (primary N) is 1. The molecule has 0 aliphatic carbocycles. The van der Waals surface area contributed by atoms with Gasteiger partial charge in [-0.1, -0.05) is 0 Å². The zero-order valence-corrected chi connectivity index (χ0v) is 10.4. The van der Waals surface area contributed by atoms with Crippen LogP contribution in [-0.2, 0) is 0 Å². The largest absolute Gasteiger partial charge is 0.323 e. The van der Waals surface area contributed by atoms with Crippen LogP contribution in [0.15, 0.2) is 23.1 Å². The Morgan fingerprint density at radius 2 is 2.20 bits per heavy atom. The summed E-state index contributed by atoms with van der Waals surface area (Å²) in [6, 6.07) is 4.51. The Kier molecular flexibility index (Phi) is 7.96. The van der Waals surface area contributed by atoms with E-state index in [1.807, 2.05) is 0 Å². The van der Waals surface area contributed by atoms with Crippen molar-refractivity contribution in [1.82, 2.24) is 0 Å². The van der Waals surface area contributed by atoms with E-state index >= 15 is 0 Å². The van der Waals surface area contributed by atoms with Gasteiger partial charge in [0.1, 0.15) is 5.82 Å². The Morgan fingerprint density at radius 1 is 1.47 bits per heavy atom. The van der Waals surface area contributed by atoms with Gasteiger partial charge in [0.05, 0.1) is 5.69 Å². The van der Waals surface area contributed by atoms with Gasteiger partial charge >= 0.3 is 0 Å². The summed E-state index contributed by atoms with van der Waals surface area (Å²) in [4.78, 5) is 0.944. The fourth-order valence-corrected chi connectivity index (χ4v) is 2.22. The number of anilines is 1. The normalized spacial score (nSPS) is 9.53. The van der Waals surface area contributed by atoms with Crippen LogP contribution in [0.5, 0.6) is 0 Å². The van der Waals surface area contributed by atoms with E-state index < -0.39 is 0 Å². The third kappa shape index (κ3) is 4.93. The fourth-order valence-electron chi connectivity index (χ4n) is 0.978. The molecule has 15 heavy (non-hydrogen) atoms. The lowest BCUT2D eigenvalue weighted by molar-refractivity contribution is 0.627. The van der Waals surface area contributed by atoms with Gasteiger partial charge in [0, 0.05) is 10.8 Å². The molecule has 0 heterocycles. The van der Waals surface area contributed by atoms with Gasteiger partial charge in [0.2, 0.25) is 0 Å². The van der Waals surface area contributed by atoms with Crippen LogP contribution in [0, 0.1) is 5.82 Å². The average Bonchev–Trinajstić information content (AvgIpc) is 2.20. The van der Waals surface area contributed by atoms with Gasteiger partial charge < -0.3 is 5.43 Å². The van der Waals surface area contributed by atoms with Crippen LogP contribution in [0.4, 0.5) is 10.1 Å². The molecule has 86 valence electrons. The average molecular weight is 271 g/mol. The molecule has 0 aliphatic heterocycles. The summed E-state index contributed by atoms with van der Waals surface area (Å²) in [6.45, 7) is 0. The Morgan fingerprint density at radius 3 is 2.80 bits per heavy atom. The third-order valence-electron chi connectivity index (χ3n) is 1.63. The van der Waals surface area contributed by atoms with Crippen molar-refractivity contribution >= 4 is 41.5 Å². The highest BCUT2D eigenvalue weighted by atomic mass is 35.5. The van der Waals surface area contributed by atoms with E-state index in [-0.39, 0.29) is 18.2 Å². The number of hydrazine groups is 1. The maximum absolute atomic E-state index is 12.8. The van der Waals surface area contributed by atoms with Crippen LogP contribution in [0.3, 0.4) is 0 Å². The minimum Gasteiger partial charge on any atom is -0.323 e. The van der Waals surface area contributed by atoms with Gasteiger partial charge in [-0.2, -0.15) is 0 Å². The van der Waals surface area contributed by atoms with Crippen LogP contribution in [-0.4, -0.2) is 11.6 Å². The van der Waals surface area contributed by atoms with E-state index in [4.69, 9.17) is 17.4 Å². The standard InChI is InChI=1S/C9H12ClFN2S.ClH/c10-4-1-5-14-9-3-2-7(11)6-8(9)13-12;/h2-3,6,13H,1,4-5,12H2;1H. The molecule has 0 fully saturated rings. The second kappa shape index (κ2) is 8.05. The smallest absolute Gasteiger partial charge is 0.125 e. The highest BCUT2D eigenvalue weighted by Gasteiger charge is 2.02. The van der Waals surface area contributed by atoms with E-state index in [2.05, 4.69) is 5.43 Å². The lowest BCUT2D eigenvalue weighted by atomic mass is 10.3. The maximum Gasteiger partial charge on any atom is 0.125 e. The molecule has 1 rings (SSSR count). The maximum atomic E-state index is 12.8. The monoisotopic (exact) mass is 270 g/mol. The number of nitrogen functional groups attached to an aromatic ring is 1. The second-order valence-corrected chi connectivity index (χ2v) is 4.19. The molecular formula is C9H13Cl2FN2S. The van der Waals surface area contributed by atoms with Crippen molar-refractivity contribution in [2.45, 2.75) is 11.3 Å². The topological polar surface area (TPSA) is 38.0 Å². The summed E-state index contributed by atoms with van der Waals surface area (Å²) in [5.74, 6) is 6.52. The molecule has 0 aromatic heterocycles. The molecule has 6 heteroatoms. The highest BCUT2D eigenvalue weighted by molar-refractivity contribution is 7.99. The Hall–Kier alpha value is -0.160. The molecule has 3 N–H and O–H groups in total. The number of rotatable bonds is 5. The minimum absolute atomic E-state index is 0. The molecule has 1 aromatic carbocycles. The van der Waals surface area contributed by atoms with Crippen molar-refractivity contribution in [3.05, 3.63) is 24.0 Å². The van der Waals surface area contributed by atoms with Gasteiger partial charge in [0.25, 0.3) is 0 Å². The SMILES string of the molecule is Cl.NNc1cc(F)ccc1SCCCCl. The third-order valence-corrected chi connectivity index (χ3v) is 3.06. The predicted octanol–water partition coefficient (Wildman–Crippen LogP) is 3.25. The van der Waals surface area contributed by atoms with E-state index in [0.29, 0.717) is 11.6 Å². The summed E-state index contributed by atoms with van der Waals surface area (Å²) >= 11 is 7.16. The first-order chi connectivity index (χ1) is 6.77. The number of hydrogen-bond donors (Lipinski definition) is 2. The first kappa shape index (κ1) is 14.8. The molecular weight excluding hydrogens is 258 g/mol. The fraction of sp³-hybridized carbons (Fsp3) is 0.333. The molecule has 1 aromatic rings. The van der Waals surface area contributed by atoms with Crippen molar-refractivity contribution < 1.29 is 4.39 Å². The number of alkyl halides is 1. The summed E-state index contributed by atoms with van der Waals surface area (Å²) in [5.41, 5.74) is 3.08. The number of halogens is 3. The highest BCUT2D eigenvalue weighted by Crippen LogP contribution is 2.27. The van der Waals surface area contributed by atoms with Crippen LogP contribution in [0.1, 0.15) is 6.42 Å². The van der Waals surface area contributed by atoms with Crippen molar-refractivity contribution in [2.75, 3.05) is 17.1 Å². The number of benzene rings is 1. The van der Waals surface area contributed by atoms with E-state index in [1.165, 1.54) is 12.1 Å². The zero-order valence-electron chi connectivity index (χ0n) is 8.00. The van der Waals surface area contributed by atoms with Crippen molar-refractivity contribution in [3.8, 4) is 0 Å².